The Balaban J connectivity index is 1.27. The van der Waals surface area contributed by atoms with Crippen LogP contribution in [0.25, 0.3) is 0 Å². The van der Waals surface area contributed by atoms with Crippen LogP contribution < -0.4 is 25.5 Å². The molecule has 1 atom stereocenters. The lowest BCUT2D eigenvalue weighted by molar-refractivity contribution is 0.0788. The summed E-state index contributed by atoms with van der Waals surface area (Å²) in [5.41, 5.74) is -0.530. The summed E-state index contributed by atoms with van der Waals surface area (Å²) in [6.45, 7) is 1.06. The van der Waals surface area contributed by atoms with Gasteiger partial charge in [0.15, 0.2) is 11.5 Å². The van der Waals surface area contributed by atoms with E-state index >= 15 is 0 Å². The van der Waals surface area contributed by atoms with Crippen LogP contribution in [0, 0.1) is 5.92 Å². The highest BCUT2D eigenvalue weighted by Gasteiger charge is 2.28. The molecule has 180 valence electrons. The lowest BCUT2D eigenvalue weighted by Gasteiger charge is -2.26. The van der Waals surface area contributed by atoms with Crippen LogP contribution in [-0.4, -0.2) is 42.2 Å². The number of carbonyl (C=O) groups excluding carboxylic acids is 2. The smallest absolute Gasteiger partial charge is 0.256 e. The summed E-state index contributed by atoms with van der Waals surface area (Å²) in [5, 5.41) is 5.72. The summed E-state index contributed by atoms with van der Waals surface area (Å²) in [7, 11) is 0. The number of ether oxygens (including phenoxy) is 2. The molecule has 1 aromatic carbocycles. The summed E-state index contributed by atoms with van der Waals surface area (Å²) in [4.78, 5) is 39.0. The Hall–Kier alpha value is -3.29. The van der Waals surface area contributed by atoms with Crippen molar-refractivity contribution in [3.63, 3.8) is 0 Å². The second-order valence-corrected chi connectivity index (χ2v) is 9.51. The number of para-hydroxylation sites is 2. The van der Waals surface area contributed by atoms with Crippen LogP contribution in [-0.2, 0) is 0 Å². The highest BCUT2D eigenvalue weighted by molar-refractivity contribution is 5.99. The van der Waals surface area contributed by atoms with Crippen molar-refractivity contribution in [1.82, 2.24) is 15.2 Å². The zero-order chi connectivity index (χ0) is 23.5. The maximum Gasteiger partial charge on any atom is 0.256 e. The van der Waals surface area contributed by atoms with E-state index in [0.717, 1.165) is 25.7 Å². The van der Waals surface area contributed by atoms with E-state index in [0.29, 0.717) is 30.6 Å². The Morgan fingerprint density at radius 2 is 1.53 bits per heavy atom. The van der Waals surface area contributed by atoms with E-state index < -0.39 is 17.2 Å². The molecule has 0 bridgehead atoms. The molecule has 34 heavy (non-hydrogen) atoms. The zero-order valence-electron chi connectivity index (χ0n) is 19.3. The summed E-state index contributed by atoms with van der Waals surface area (Å²) in [5.74, 6) is 0.840. The zero-order valence-corrected chi connectivity index (χ0v) is 19.3. The summed E-state index contributed by atoms with van der Waals surface area (Å²) < 4.78 is 13.4. The molecule has 2 aromatic rings. The summed E-state index contributed by atoms with van der Waals surface area (Å²) >= 11 is 0. The fourth-order valence-corrected chi connectivity index (χ4v) is 4.69. The lowest BCUT2D eigenvalue weighted by Crippen LogP contribution is -2.42. The van der Waals surface area contributed by atoms with Crippen LogP contribution in [0.5, 0.6) is 11.5 Å². The molecule has 1 aliphatic heterocycles. The molecule has 1 aromatic heterocycles. The van der Waals surface area contributed by atoms with E-state index in [-0.39, 0.29) is 29.8 Å². The largest absolute Gasteiger partial charge is 0.486 e. The average Bonchev–Trinajstić information content (AvgIpc) is 3.72. The number of benzene rings is 1. The maximum atomic E-state index is 13.1. The first-order valence-corrected chi connectivity index (χ1v) is 12.3. The van der Waals surface area contributed by atoms with Gasteiger partial charge in [0.1, 0.15) is 23.8 Å². The Bertz CT molecular complexity index is 1120. The summed E-state index contributed by atoms with van der Waals surface area (Å²) in [6.07, 6.45) is 10.6. The second kappa shape index (κ2) is 9.91. The molecular weight excluding hydrogens is 434 g/mol. The normalized spacial score (nSPS) is 19.9. The van der Waals surface area contributed by atoms with E-state index in [9.17, 15) is 14.4 Å². The van der Waals surface area contributed by atoms with Gasteiger partial charge >= 0.3 is 0 Å². The Morgan fingerprint density at radius 1 is 0.882 bits per heavy atom. The van der Waals surface area contributed by atoms with Crippen LogP contribution in [0.1, 0.15) is 71.7 Å². The van der Waals surface area contributed by atoms with Crippen LogP contribution in [0.2, 0.25) is 0 Å². The highest BCUT2D eigenvalue weighted by Crippen LogP contribution is 2.34. The number of hydrogen-bond donors (Lipinski definition) is 2. The molecule has 2 saturated carbocycles. The minimum atomic E-state index is -0.540. The van der Waals surface area contributed by atoms with E-state index in [1.54, 1.807) is 12.4 Å². The molecule has 3 aliphatic rings. The molecule has 0 saturated heterocycles. The van der Waals surface area contributed by atoms with Crippen molar-refractivity contribution in [1.29, 1.82) is 0 Å². The number of nitrogens with one attached hydrogen (secondary N) is 2. The van der Waals surface area contributed by atoms with Gasteiger partial charge in [0, 0.05) is 25.0 Å². The van der Waals surface area contributed by atoms with E-state index in [4.69, 9.17) is 9.47 Å². The van der Waals surface area contributed by atoms with Crippen molar-refractivity contribution >= 4 is 11.8 Å². The van der Waals surface area contributed by atoms with Gasteiger partial charge in [0.25, 0.3) is 11.8 Å². The predicted octanol–water partition coefficient (Wildman–Crippen LogP) is 3.06. The number of aromatic nitrogens is 1. The molecule has 2 fully saturated rings. The average molecular weight is 466 g/mol. The van der Waals surface area contributed by atoms with Gasteiger partial charge < -0.3 is 24.7 Å². The number of nitrogens with zero attached hydrogens (tertiary/aromatic N) is 1. The molecular formula is C26H31N3O5. The molecule has 2 aliphatic carbocycles. The van der Waals surface area contributed by atoms with E-state index in [1.807, 2.05) is 28.8 Å². The first-order chi connectivity index (χ1) is 16.6. The Labute approximate surface area is 198 Å². The molecule has 2 heterocycles. The first kappa shape index (κ1) is 22.5. The molecule has 0 spiro atoms. The van der Waals surface area contributed by atoms with Crippen molar-refractivity contribution in [2.45, 2.75) is 57.1 Å². The quantitative estimate of drug-likeness (QED) is 0.655. The van der Waals surface area contributed by atoms with Gasteiger partial charge in [0.05, 0.1) is 6.54 Å². The van der Waals surface area contributed by atoms with Crippen LogP contribution >= 0.6 is 0 Å². The molecule has 2 amide bonds. The van der Waals surface area contributed by atoms with E-state index in [2.05, 4.69) is 10.6 Å². The fraction of sp³-hybridized carbons (Fsp3) is 0.500. The number of rotatable bonds is 7. The fourth-order valence-electron chi connectivity index (χ4n) is 4.69. The predicted molar refractivity (Wildman–Crippen MR) is 127 cm³/mol. The van der Waals surface area contributed by atoms with Crippen LogP contribution in [0.3, 0.4) is 0 Å². The van der Waals surface area contributed by atoms with Gasteiger partial charge in [-0.15, -0.1) is 0 Å². The van der Waals surface area contributed by atoms with Crippen LogP contribution in [0.4, 0.5) is 0 Å². The lowest BCUT2D eigenvalue weighted by atomic mass is 9.89. The molecule has 0 radical (unpaired) electrons. The minimum absolute atomic E-state index is 0.0191. The standard InChI is InChI=1S/C26H31N3O5/c30-24-20(25(31)27-12-17-6-2-1-3-7-17)14-29(18-10-11-18)15-21(24)26(32)28-13-19-16-33-22-8-4-5-9-23(22)34-19/h4-5,8-9,14-15,17-19H,1-3,6-7,10-13,16H2,(H,27,31)(H,28,32). The van der Waals surface area contributed by atoms with Gasteiger partial charge in [-0.25, -0.2) is 0 Å². The van der Waals surface area contributed by atoms with E-state index in [1.165, 1.54) is 19.3 Å². The number of amides is 2. The van der Waals surface area contributed by atoms with Crippen molar-refractivity contribution < 1.29 is 19.1 Å². The van der Waals surface area contributed by atoms with Crippen molar-refractivity contribution in [3.05, 3.63) is 58.0 Å². The summed E-state index contributed by atoms with van der Waals surface area (Å²) in [6, 6.07) is 7.59. The third-order valence-electron chi connectivity index (χ3n) is 6.84. The first-order valence-electron chi connectivity index (χ1n) is 12.3. The molecule has 2 N–H and O–H groups in total. The van der Waals surface area contributed by atoms with Crippen LogP contribution in [0.15, 0.2) is 41.5 Å². The number of pyridine rings is 1. The number of fused-ring (bicyclic) bond motifs is 1. The monoisotopic (exact) mass is 465 g/mol. The molecule has 5 rings (SSSR count). The van der Waals surface area contributed by atoms with Crippen molar-refractivity contribution in [2.75, 3.05) is 19.7 Å². The molecule has 8 nitrogen and oxygen atoms in total. The van der Waals surface area contributed by atoms with Gasteiger partial charge in [-0.3, -0.25) is 14.4 Å². The maximum absolute atomic E-state index is 13.1. The van der Waals surface area contributed by atoms with Gasteiger partial charge in [-0.05, 0) is 43.7 Å². The molecule has 1 unspecified atom stereocenters. The molecule has 8 heteroatoms. The number of carbonyl (C=O) groups is 2. The number of hydrogen-bond acceptors (Lipinski definition) is 5. The minimum Gasteiger partial charge on any atom is -0.486 e. The second-order valence-electron chi connectivity index (χ2n) is 9.51. The highest BCUT2D eigenvalue weighted by atomic mass is 16.6. The SMILES string of the molecule is O=C(NCC1CCCCC1)c1cn(C2CC2)cc(C(=O)NCC2COc3ccccc3O2)c1=O. The van der Waals surface area contributed by atoms with Gasteiger partial charge in [-0.1, -0.05) is 31.4 Å². The third-order valence-corrected chi connectivity index (χ3v) is 6.84. The van der Waals surface area contributed by atoms with Crippen molar-refractivity contribution in [2.24, 2.45) is 5.92 Å². The Kier molecular flexibility index (Phi) is 6.56. The van der Waals surface area contributed by atoms with Gasteiger partial charge in [0.2, 0.25) is 5.43 Å². The third kappa shape index (κ3) is 5.11. The topological polar surface area (TPSA) is 98.7 Å². The van der Waals surface area contributed by atoms with Gasteiger partial charge in [-0.2, -0.15) is 0 Å². The Morgan fingerprint density at radius 3 is 2.21 bits per heavy atom. The van der Waals surface area contributed by atoms with Crippen molar-refractivity contribution in [3.8, 4) is 11.5 Å².